The summed E-state index contributed by atoms with van der Waals surface area (Å²) in [6, 6.07) is 18.5. The molecule has 0 unspecified atom stereocenters. The van der Waals surface area contributed by atoms with Gasteiger partial charge in [-0.3, -0.25) is 4.79 Å². The van der Waals surface area contributed by atoms with Crippen molar-refractivity contribution in [2.45, 2.75) is 12.5 Å². The van der Waals surface area contributed by atoms with Gasteiger partial charge in [0.15, 0.2) is 0 Å². The summed E-state index contributed by atoms with van der Waals surface area (Å²) in [7, 11) is 1.58. The molecule has 27 heavy (non-hydrogen) atoms. The Bertz CT molecular complexity index is 998. The number of furan rings is 1. The summed E-state index contributed by atoms with van der Waals surface area (Å²) in [5.41, 5.74) is 2.28. The summed E-state index contributed by atoms with van der Waals surface area (Å²) in [5.74, 6) is 1.13. The SMILES string of the molecule is COc1cccc(C(=O)N2N=C(c3ccco3)C[C@H]2c2cccc(Br)c2)c1. The molecule has 4 rings (SSSR count). The van der Waals surface area contributed by atoms with Crippen LogP contribution in [0.2, 0.25) is 0 Å². The number of methoxy groups -OCH3 is 1. The van der Waals surface area contributed by atoms with Crippen LogP contribution >= 0.6 is 15.9 Å². The third kappa shape index (κ3) is 3.53. The smallest absolute Gasteiger partial charge is 0.274 e. The first-order chi connectivity index (χ1) is 13.2. The summed E-state index contributed by atoms with van der Waals surface area (Å²) in [6.45, 7) is 0. The predicted octanol–water partition coefficient (Wildman–Crippen LogP) is 5.04. The molecule has 0 spiro atoms. The van der Waals surface area contributed by atoms with Gasteiger partial charge in [-0.05, 0) is 48.0 Å². The van der Waals surface area contributed by atoms with Gasteiger partial charge in [-0.1, -0.05) is 34.1 Å². The largest absolute Gasteiger partial charge is 0.497 e. The van der Waals surface area contributed by atoms with E-state index in [1.807, 2.05) is 42.5 Å². The lowest BCUT2D eigenvalue weighted by molar-refractivity contribution is 0.0711. The van der Waals surface area contributed by atoms with Crippen LogP contribution in [0.4, 0.5) is 0 Å². The maximum absolute atomic E-state index is 13.2. The monoisotopic (exact) mass is 424 g/mol. The predicted molar refractivity (Wildman–Crippen MR) is 106 cm³/mol. The van der Waals surface area contributed by atoms with E-state index in [1.54, 1.807) is 31.6 Å². The lowest BCUT2D eigenvalue weighted by Crippen LogP contribution is -2.27. The van der Waals surface area contributed by atoms with E-state index in [0.717, 1.165) is 15.7 Å². The van der Waals surface area contributed by atoms with Crippen LogP contribution in [-0.2, 0) is 0 Å². The molecule has 0 aliphatic carbocycles. The van der Waals surface area contributed by atoms with E-state index in [-0.39, 0.29) is 11.9 Å². The Morgan fingerprint density at radius 2 is 2.04 bits per heavy atom. The minimum absolute atomic E-state index is 0.180. The Labute approximate surface area is 165 Å². The first kappa shape index (κ1) is 17.5. The van der Waals surface area contributed by atoms with Crippen LogP contribution in [0.3, 0.4) is 0 Å². The second-order valence-corrected chi connectivity index (χ2v) is 7.10. The molecule has 1 amide bonds. The van der Waals surface area contributed by atoms with Crippen LogP contribution in [0.1, 0.15) is 34.1 Å². The summed E-state index contributed by atoms with van der Waals surface area (Å²) in [5, 5.41) is 6.14. The van der Waals surface area contributed by atoms with Gasteiger partial charge in [-0.15, -0.1) is 0 Å². The van der Waals surface area contributed by atoms with Crippen molar-refractivity contribution >= 4 is 27.5 Å². The van der Waals surface area contributed by atoms with Crippen molar-refractivity contribution in [2.75, 3.05) is 7.11 Å². The number of rotatable bonds is 4. The average Bonchev–Trinajstić information content (AvgIpc) is 3.37. The van der Waals surface area contributed by atoms with E-state index >= 15 is 0 Å². The number of amides is 1. The van der Waals surface area contributed by atoms with Crippen LogP contribution in [0.5, 0.6) is 5.75 Å². The molecule has 0 fully saturated rings. The number of carbonyl (C=O) groups is 1. The van der Waals surface area contributed by atoms with Crippen molar-refractivity contribution in [2.24, 2.45) is 5.10 Å². The minimum atomic E-state index is -0.207. The summed E-state index contributed by atoms with van der Waals surface area (Å²) in [6.07, 6.45) is 2.19. The zero-order valence-corrected chi connectivity index (χ0v) is 16.2. The van der Waals surface area contributed by atoms with E-state index in [9.17, 15) is 4.79 Å². The van der Waals surface area contributed by atoms with Crippen molar-refractivity contribution in [3.63, 3.8) is 0 Å². The molecule has 1 aromatic heterocycles. The standard InChI is InChI=1S/C21H17BrN2O3/c1-26-17-8-3-6-15(12-17)21(25)24-19(14-5-2-7-16(22)11-14)13-18(23-24)20-9-4-10-27-20/h2-12,19H,13H2,1H3/t19-/m0/s1. The summed E-state index contributed by atoms with van der Waals surface area (Å²) < 4.78 is 11.7. The lowest BCUT2D eigenvalue weighted by Gasteiger charge is -2.22. The Morgan fingerprint density at radius 1 is 1.19 bits per heavy atom. The second kappa shape index (κ2) is 7.40. The normalized spacial score (nSPS) is 16.3. The molecular weight excluding hydrogens is 408 g/mol. The van der Waals surface area contributed by atoms with E-state index < -0.39 is 0 Å². The van der Waals surface area contributed by atoms with Gasteiger partial charge in [0, 0.05) is 16.5 Å². The third-order valence-electron chi connectivity index (χ3n) is 4.47. The molecule has 136 valence electrons. The Balaban J connectivity index is 1.73. The quantitative estimate of drug-likeness (QED) is 0.589. The van der Waals surface area contributed by atoms with Gasteiger partial charge in [-0.2, -0.15) is 5.10 Å². The number of halogens is 1. The van der Waals surface area contributed by atoms with Crippen molar-refractivity contribution < 1.29 is 13.9 Å². The number of hydrogen-bond acceptors (Lipinski definition) is 4. The Hall–Kier alpha value is -2.86. The fourth-order valence-electron chi connectivity index (χ4n) is 3.15. The van der Waals surface area contributed by atoms with Gasteiger partial charge >= 0.3 is 0 Å². The number of hydrazone groups is 1. The van der Waals surface area contributed by atoms with Crippen molar-refractivity contribution in [3.05, 3.63) is 88.3 Å². The minimum Gasteiger partial charge on any atom is -0.497 e. The molecule has 6 heteroatoms. The highest BCUT2D eigenvalue weighted by atomic mass is 79.9. The molecule has 1 aliphatic rings. The number of carbonyl (C=O) groups excluding carboxylic acids is 1. The maximum Gasteiger partial charge on any atom is 0.274 e. The van der Waals surface area contributed by atoms with E-state index in [0.29, 0.717) is 23.5 Å². The molecule has 1 aliphatic heterocycles. The van der Waals surface area contributed by atoms with E-state index in [2.05, 4.69) is 21.0 Å². The highest BCUT2D eigenvalue weighted by Gasteiger charge is 2.34. The third-order valence-corrected chi connectivity index (χ3v) is 4.97. The molecule has 0 radical (unpaired) electrons. The van der Waals surface area contributed by atoms with E-state index in [1.165, 1.54) is 5.01 Å². The van der Waals surface area contributed by atoms with Crippen LogP contribution in [-0.4, -0.2) is 23.7 Å². The van der Waals surface area contributed by atoms with Gasteiger partial charge in [0.25, 0.3) is 5.91 Å². The first-order valence-corrected chi connectivity index (χ1v) is 9.29. The van der Waals surface area contributed by atoms with Crippen LogP contribution in [0, 0.1) is 0 Å². The van der Waals surface area contributed by atoms with Crippen LogP contribution in [0.15, 0.2) is 80.9 Å². The number of ether oxygens (including phenoxy) is 1. The fraction of sp³-hybridized carbons (Fsp3) is 0.143. The first-order valence-electron chi connectivity index (χ1n) is 8.50. The number of nitrogens with zero attached hydrogens (tertiary/aromatic N) is 2. The molecule has 1 atom stereocenters. The van der Waals surface area contributed by atoms with Gasteiger partial charge in [0.1, 0.15) is 17.2 Å². The van der Waals surface area contributed by atoms with Gasteiger partial charge in [0.2, 0.25) is 0 Å². The Kier molecular flexibility index (Phi) is 4.81. The molecule has 0 bridgehead atoms. The molecule has 2 aromatic carbocycles. The molecule has 0 saturated carbocycles. The molecular formula is C21H17BrN2O3. The van der Waals surface area contributed by atoms with Gasteiger partial charge in [0.05, 0.1) is 19.4 Å². The van der Waals surface area contributed by atoms with Crippen LogP contribution < -0.4 is 4.74 Å². The maximum atomic E-state index is 13.2. The zero-order valence-electron chi connectivity index (χ0n) is 14.6. The number of benzene rings is 2. The molecule has 3 aromatic rings. The average molecular weight is 425 g/mol. The molecule has 5 nitrogen and oxygen atoms in total. The molecule has 0 N–H and O–H groups in total. The van der Waals surface area contributed by atoms with Crippen molar-refractivity contribution in [3.8, 4) is 5.75 Å². The van der Waals surface area contributed by atoms with Gasteiger partial charge < -0.3 is 9.15 Å². The van der Waals surface area contributed by atoms with Crippen molar-refractivity contribution in [1.82, 2.24) is 5.01 Å². The van der Waals surface area contributed by atoms with Crippen molar-refractivity contribution in [1.29, 1.82) is 0 Å². The Morgan fingerprint density at radius 3 is 2.78 bits per heavy atom. The fourth-order valence-corrected chi connectivity index (χ4v) is 3.57. The molecule has 2 heterocycles. The summed E-state index contributed by atoms with van der Waals surface area (Å²) in [4.78, 5) is 13.2. The topological polar surface area (TPSA) is 55.0 Å². The van der Waals surface area contributed by atoms with Crippen LogP contribution in [0.25, 0.3) is 0 Å². The highest BCUT2D eigenvalue weighted by Crippen LogP contribution is 2.35. The zero-order chi connectivity index (χ0) is 18.8. The van der Waals surface area contributed by atoms with E-state index in [4.69, 9.17) is 9.15 Å². The van der Waals surface area contributed by atoms with Gasteiger partial charge in [-0.25, -0.2) is 5.01 Å². The molecule has 0 saturated heterocycles. The second-order valence-electron chi connectivity index (χ2n) is 6.18. The summed E-state index contributed by atoms with van der Waals surface area (Å²) >= 11 is 3.51. The highest BCUT2D eigenvalue weighted by molar-refractivity contribution is 9.10. The lowest BCUT2D eigenvalue weighted by atomic mass is 10.0. The number of hydrogen-bond donors (Lipinski definition) is 0.